The zero-order valence-corrected chi connectivity index (χ0v) is 20.0. The quantitative estimate of drug-likeness (QED) is 0.759. The monoisotopic (exact) mass is 430 g/mol. The molecule has 1 aromatic rings. The normalized spacial score (nSPS) is 24.5. The van der Waals surface area contributed by atoms with Crippen molar-refractivity contribution in [2.24, 2.45) is 0 Å². The second kappa shape index (κ2) is 7.96. The molecule has 1 amide bonds. The fourth-order valence-corrected chi connectivity index (χ4v) is 5.37. The smallest absolute Gasteiger partial charge is 0.410 e. The lowest BCUT2D eigenvalue weighted by atomic mass is 9.84. The first-order valence-corrected chi connectivity index (χ1v) is 11.6. The number of ether oxygens (including phenoxy) is 2. The van der Waals surface area contributed by atoms with Crippen LogP contribution in [0.15, 0.2) is 6.07 Å². The third-order valence-electron chi connectivity index (χ3n) is 7.44. The van der Waals surface area contributed by atoms with E-state index in [1.54, 1.807) is 4.90 Å². The fraction of sp³-hybridized carbons (Fsp3) is 0.720. The number of carbonyl (C=O) groups excluding carboxylic acids is 1. The molecule has 3 heterocycles. The van der Waals surface area contributed by atoms with Crippen LogP contribution in [-0.4, -0.2) is 71.0 Å². The van der Waals surface area contributed by atoms with Crippen molar-refractivity contribution in [1.29, 1.82) is 0 Å². The maximum absolute atomic E-state index is 12.2. The highest BCUT2D eigenvalue weighted by atomic mass is 16.6. The van der Waals surface area contributed by atoms with Gasteiger partial charge in [-0.1, -0.05) is 6.07 Å². The van der Waals surface area contributed by atoms with Gasteiger partial charge in [0.25, 0.3) is 0 Å². The lowest BCUT2D eigenvalue weighted by Crippen LogP contribution is -2.64. The van der Waals surface area contributed by atoms with Gasteiger partial charge in [0, 0.05) is 6.04 Å². The van der Waals surface area contributed by atoms with Crippen LogP contribution in [-0.2, 0) is 9.47 Å². The van der Waals surface area contributed by atoms with Gasteiger partial charge >= 0.3 is 6.09 Å². The molecule has 1 unspecified atom stereocenters. The first kappa shape index (κ1) is 22.4. The van der Waals surface area contributed by atoms with Crippen molar-refractivity contribution in [1.82, 2.24) is 9.80 Å². The number of piperidine rings is 1. The van der Waals surface area contributed by atoms with Crippen molar-refractivity contribution >= 4 is 6.09 Å². The molecule has 1 spiro atoms. The summed E-state index contributed by atoms with van der Waals surface area (Å²) >= 11 is 0. The molecule has 0 saturated carbocycles. The van der Waals surface area contributed by atoms with Gasteiger partial charge in [-0.25, -0.2) is 4.79 Å². The van der Waals surface area contributed by atoms with Gasteiger partial charge in [-0.2, -0.15) is 0 Å². The predicted octanol–water partition coefficient (Wildman–Crippen LogP) is 4.28. The van der Waals surface area contributed by atoms with Crippen LogP contribution in [0.3, 0.4) is 0 Å². The Kier molecular flexibility index (Phi) is 5.76. The van der Waals surface area contributed by atoms with E-state index in [-0.39, 0.29) is 11.7 Å². The van der Waals surface area contributed by atoms with Gasteiger partial charge in [-0.15, -0.1) is 0 Å². The number of amides is 1. The zero-order valence-electron chi connectivity index (χ0n) is 20.0. The number of rotatable bonds is 2. The molecule has 1 aromatic carbocycles. The molecule has 3 aliphatic heterocycles. The van der Waals surface area contributed by atoms with Crippen LogP contribution in [0.25, 0.3) is 0 Å². The molecule has 6 nitrogen and oxygen atoms in total. The number of hydrogen-bond donors (Lipinski definition) is 1. The van der Waals surface area contributed by atoms with Crippen molar-refractivity contribution in [2.75, 3.05) is 32.8 Å². The number of phenolic OH excluding ortho intramolecular Hbond substituents is 1. The summed E-state index contributed by atoms with van der Waals surface area (Å²) in [5, 5.41) is 10.7. The van der Waals surface area contributed by atoms with E-state index in [4.69, 9.17) is 9.47 Å². The minimum atomic E-state index is -0.466. The highest BCUT2D eigenvalue weighted by molar-refractivity contribution is 5.69. The van der Waals surface area contributed by atoms with Gasteiger partial charge in [0.05, 0.1) is 19.7 Å². The van der Waals surface area contributed by atoms with Crippen LogP contribution in [0.1, 0.15) is 68.2 Å². The minimum absolute atomic E-state index is 0.193. The second-order valence-corrected chi connectivity index (χ2v) is 10.9. The number of aryl methyl sites for hydroxylation is 1. The van der Waals surface area contributed by atoms with Gasteiger partial charge in [0.2, 0.25) is 0 Å². The molecular formula is C25H38N2O4. The molecule has 3 fully saturated rings. The number of hydrogen-bond acceptors (Lipinski definition) is 5. The average molecular weight is 431 g/mol. The third-order valence-corrected chi connectivity index (χ3v) is 7.44. The van der Waals surface area contributed by atoms with Crippen LogP contribution in [0.4, 0.5) is 4.79 Å². The molecule has 1 atom stereocenters. The maximum atomic E-state index is 12.2. The lowest BCUT2D eigenvalue weighted by Gasteiger charge is -2.47. The first-order chi connectivity index (χ1) is 14.5. The summed E-state index contributed by atoms with van der Waals surface area (Å²) in [6, 6.07) is 2.60. The van der Waals surface area contributed by atoms with Crippen LogP contribution < -0.4 is 0 Å². The van der Waals surface area contributed by atoms with Gasteiger partial charge in [0.15, 0.2) is 0 Å². The van der Waals surface area contributed by atoms with Gasteiger partial charge in [-0.05, 0) is 102 Å². The summed E-state index contributed by atoms with van der Waals surface area (Å²) < 4.78 is 11.7. The molecule has 31 heavy (non-hydrogen) atoms. The fourth-order valence-electron chi connectivity index (χ4n) is 5.37. The summed E-state index contributed by atoms with van der Waals surface area (Å²) in [6.45, 7) is 16.0. The van der Waals surface area contributed by atoms with E-state index in [1.165, 1.54) is 11.1 Å². The predicted molar refractivity (Wildman–Crippen MR) is 121 cm³/mol. The highest BCUT2D eigenvalue weighted by Gasteiger charge is 2.53. The molecule has 3 saturated heterocycles. The van der Waals surface area contributed by atoms with E-state index in [0.717, 1.165) is 50.1 Å². The van der Waals surface area contributed by atoms with Gasteiger partial charge in [-0.3, -0.25) is 4.90 Å². The Morgan fingerprint density at radius 3 is 2.42 bits per heavy atom. The third kappa shape index (κ3) is 4.42. The molecule has 4 rings (SSSR count). The second-order valence-electron chi connectivity index (χ2n) is 10.9. The van der Waals surface area contributed by atoms with Crippen LogP contribution >= 0.6 is 0 Å². The number of phenols is 1. The summed E-state index contributed by atoms with van der Waals surface area (Å²) in [7, 11) is 0. The Balaban J connectivity index is 1.30. The van der Waals surface area contributed by atoms with Crippen molar-refractivity contribution in [3.05, 3.63) is 28.3 Å². The van der Waals surface area contributed by atoms with Crippen molar-refractivity contribution in [2.45, 2.75) is 84.0 Å². The molecule has 172 valence electrons. The maximum Gasteiger partial charge on any atom is 0.410 e. The summed E-state index contributed by atoms with van der Waals surface area (Å²) in [5.74, 6) is 0.901. The number of aromatic hydroxyl groups is 1. The van der Waals surface area contributed by atoms with Gasteiger partial charge < -0.3 is 19.5 Å². The number of nitrogens with zero attached hydrogens (tertiary/aromatic N) is 2. The van der Waals surface area contributed by atoms with Crippen molar-refractivity contribution in [3.63, 3.8) is 0 Å². The SMILES string of the molecule is Cc1cc(C2CCN(C3COC4(C3)CN(C(=O)OC(C)(C)C)C4)CC2)c(O)c(C)c1C. The Morgan fingerprint density at radius 2 is 1.81 bits per heavy atom. The van der Waals surface area contributed by atoms with Crippen molar-refractivity contribution in [3.8, 4) is 5.75 Å². The lowest BCUT2D eigenvalue weighted by molar-refractivity contribution is -0.109. The molecule has 0 aliphatic carbocycles. The molecule has 0 radical (unpaired) electrons. The molecule has 0 aromatic heterocycles. The topological polar surface area (TPSA) is 62.2 Å². The van der Waals surface area contributed by atoms with E-state index >= 15 is 0 Å². The van der Waals surface area contributed by atoms with Crippen LogP contribution in [0, 0.1) is 20.8 Å². The Labute approximate surface area is 186 Å². The van der Waals surface area contributed by atoms with Gasteiger partial charge in [0.1, 0.15) is 17.0 Å². The number of benzene rings is 1. The van der Waals surface area contributed by atoms with Crippen LogP contribution in [0.5, 0.6) is 5.75 Å². The number of carbonyl (C=O) groups is 1. The van der Waals surface area contributed by atoms with Crippen molar-refractivity contribution < 1.29 is 19.4 Å². The summed E-state index contributed by atoms with van der Waals surface area (Å²) in [6.07, 6.45) is 2.85. The van der Waals surface area contributed by atoms with Crippen LogP contribution in [0.2, 0.25) is 0 Å². The minimum Gasteiger partial charge on any atom is -0.507 e. The highest BCUT2D eigenvalue weighted by Crippen LogP contribution is 2.41. The van der Waals surface area contributed by atoms with E-state index in [2.05, 4.69) is 24.8 Å². The van der Waals surface area contributed by atoms with E-state index in [9.17, 15) is 9.90 Å². The molecule has 6 heteroatoms. The Bertz CT molecular complexity index is 846. The Hall–Kier alpha value is -1.79. The summed E-state index contributed by atoms with van der Waals surface area (Å²) in [5.41, 5.74) is 3.93. The zero-order chi connectivity index (χ0) is 22.6. The molecular weight excluding hydrogens is 392 g/mol. The Morgan fingerprint density at radius 1 is 1.16 bits per heavy atom. The first-order valence-electron chi connectivity index (χ1n) is 11.6. The van der Waals surface area contributed by atoms with E-state index in [0.29, 0.717) is 30.8 Å². The summed E-state index contributed by atoms with van der Waals surface area (Å²) in [4.78, 5) is 16.6. The molecule has 1 N–H and O–H groups in total. The standard InChI is InChI=1S/C25H38N2O4/c1-16-11-21(22(28)18(3)17(16)2)19-7-9-26(10-8-19)20-12-25(30-13-20)14-27(15-25)23(29)31-24(4,5)6/h11,19-20,28H,7-10,12-15H2,1-6H3. The molecule has 3 aliphatic rings. The number of likely N-dealkylation sites (tertiary alicyclic amines) is 2. The average Bonchev–Trinajstić information content (AvgIpc) is 3.13. The van der Waals surface area contributed by atoms with E-state index in [1.807, 2.05) is 27.7 Å². The van der Waals surface area contributed by atoms with E-state index < -0.39 is 5.60 Å². The largest absolute Gasteiger partial charge is 0.507 e. The molecule has 0 bridgehead atoms.